The maximum atomic E-state index is 12.8. The summed E-state index contributed by atoms with van der Waals surface area (Å²) in [6, 6.07) is 16.8. The maximum absolute atomic E-state index is 12.8. The van der Waals surface area contributed by atoms with Crippen molar-refractivity contribution in [2.75, 3.05) is 18.0 Å². The number of aromatic nitrogens is 1. The number of hydrogen-bond acceptors (Lipinski definition) is 5. The quantitative estimate of drug-likeness (QED) is 0.581. The molecule has 0 radical (unpaired) electrons. The van der Waals surface area contributed by atoms with Crippen molar-refractivity contribution in [1.29, 1.82) is 0 Å². The number of ether oxygens (including phenoxy) is 1. The third kappa shape index (κ3) is 5.61. The van der Waals surface area contributed by atoms with Gasteiger partial charge >= 0.3 is 0 Å². The Balaban J connectivity index is 1.58. The number of pyridine rings is 1. The van der Waals surface area contributed by atoms with Crippen molar-refractivity contribution < 1.29 is 17.9 Å². The summed E-state index contributed by atoms with van der Waals surface area (Å²) in [6.45, 7) is 3.64. The fraction of sp³-hybridized carbons (Fsp3) is 0.217. The molecule has 1 heterocycles. The first kappa shape index (κ1) is 22.3. The zero-order chi connectivity index (χ0) is 22.4. The van der Waals surface area contributed by atoms with Gasteiger partial charge in [0.15, 0.2) is 6.61 Å². The van der Waals surface area contributed by atoms with E-state index in [1.165, 1.54) is 11.4 Å². The van der Waals surface area contributed by atoms with Gasteiger partial charge in [0, 0.05) is 19.4 Å². The third-order valence-corrected chi connectivity index (χ3v) is 6.63. The number of nitrogens with one attached hydrogen (secondary N) is 1. The number of anilines is 1. The van der Waals surface area contributed by atoms with Crippen LogP contribution in [0.15, 0.2) is 78.0 Å². The van der Waals surface area contributed by atoms with E-state index in [1.54, 1.807) is 60.9 Å². The first-order chi connectivity index (χ1) is 14.8. The molecule has 0 saturated carbocycles. The molecule has 2 aromatic carbocycles. The smallest absolute Gasteiger partial charge is 0.264 e. The molecule has 0 spiro atoms. The molecule has 1 N–H and O–H groups in total. The van der Waals surface area contributed by atoms with Gasteiger partial charge in [-0.25, -0.2) is 8.42 Å². The van der Waals surface area contributed by atoms with E-state index in [9.17, 15) is 13.2 Å². The lowest BCUT2D eigenvalue weighted by atomic mass is 10.1. The monoisotopic (exact) mass is 439 g/mol. The average Bonchev–Trinajstić information content (AvgIpc) is 2.78. The molecule has 0 saturated heterocycles. The van der Waals surface area contributed by atoms with E-state index in [0.29, 0.717) is 11.4 Å². The Morgan fingerprint density at radius 1 is 1.03 bits per heavy atom. The van der Waals surface area contributed by atoms with Crippen LogP contribution >= 0.6 is 0 Å². The minimum atomic E-state index is -3.66. The number of benzene rings is 2. The van der Waals surface area contributed by atoms with E-state index in [4.69, 9.17) is 4.74 Å². The first-order valence-electron chi connectivity index (χ1n) is 9.75. The largest absolute Gasteiger partial charge is 0.484 e. The molecular formula is C23H25N3O4S. The van der Waals surface area contributed by atoms with Gasteiger partial charge in [0.1, 0.15) is 5.75 Å². The van der Waals surface area contributed by atoms with Gasteiger partial charge in [0.05, 0.1) is 16.6 Å². The number of hydrogen-bond donors (Lipinski definition) is 1. The zero-order valence-electron chi connectivity index (χ0n) is 17.6. The molecule has 162 valence electrons. The Kier molecular flexibility index (Phi) is 6.91. The molecule has 1 atom stereocenters. The van der Waals surface area contributed by atoms with E-state index >= 15 is 0 Å². The molecular weight excluding hydrogens is 414 g/mol. The SMILES string of the molecule is Cc1ccc(S(=O)(=O)N(C)c2ccc(OCC(=O)NC(C)c3ccncc3)cc2)cc1. The molecule has 0 fully saturated rings. The Hall–Kier alpha value is -3.39. The lowest BCUT2D eigenvalue weighted by molar-refractivity contribution is -0.123. The van der Waals surface area contributed by atoms with Crippen LogP contribution in [-0.4, -0.2) is 33.0 Å². The van der Waals surface area contributed by atoms with Gasteiger partial charge in [-0.1, -0.05) is 17.7 Å². The van der Waals surface area contributed by atoms with E-state index < -0.39 is 10.0 Å². The molecule has 1 unspecified atom stereocenters. The number of aryl methyl sites for hydroxylation is 1. The van der Waals surface area contributed by atoms with Crippen LogP contribution in [0.3, 0.4) is 0 Å². The summed E-state index contributed by atoms with van der Waals surface area (Å²) in [5.41, 5.74) is 2.43. The standard InChI is InChI=1S/C23H25N3O4S/c1-17-4-10-22(11-5-17)31(28,29)26(3)20-6-8-21(9-7-20)30-16-23(27)25-18(2)19-12-14-24-15-13-19/h4-15,18H,16H2,1-3H3,(H,25,27). The minimum absolute atomic E-state index is 0.147. The highest BCUT2D eigenvalue weighted by Crippen LogP contribution is 2.24. The van der Waals surface area contributed by atoms with Gasteiger partial charge in [-0.05, 0) is 67.9 Å². The number of sulfonamides is 1. The van der Waals surface area contributed by atoms with Gasteiger partial charge in [0.2, 0.25) is 0 Å². The summed E-state index contributed by atoms with van der Waals surface area (Å²) in [6.07, 6.45) is 3.35. The topological polar surface area (TPSA) is 88.6 Å². The van der Waals surface area contributed by atoms with Gasteiger partial charge in [-0.2, -0.15) is 0 Å². The molecule has 3 aromatic rings. The lowest BCUT2D eigenvalue weighted by Crippen LogP contribution is -2.31. The molecule has 0 aliphatic rings. The molecule has 0 aliphatic heterocycles. The van der Waals surface area contributed by atoms with Crippen molar-refractivity contribution in [3.63, 3.8) is 0 Å². The maximum Gasteiger partial charge on any atom is 0.264 e. The molecule has 0 bridgehead atoms. The predicted octanol–water partition coefficient (Wildman–Crippen LogP) is 3.47. The fourth-order valence-electron chi connectivity index (χ4n) is 2.93. The van der Waals surface area contributed by atoms with Crippen LogP contribution in [0.4, 0.5) is 5.69 Å². The summed E-state index contributed by atoms with van der Waals surface area (Å²) >= 11 is 0. The normalized spacial score (nSPS) is 12.1. The average molecular weight is 440 g/mol. The second-order valence-corrected chi connectivity index (χ2v) is 9.11. The lowest BCUT2D eigenvalue weighted by Gasteiger charge is -2.20. The number of amides is 1. The van der Waals surface area contributed by atoms with Crippen LogP contribution in [0.1, 0.15) is 24.1 Å². The highest BCUT2D eigenvalue weighted by molar-refractivity contribution is 7.92. The molecule has 1 aromatic heterocycles. The van der Waals surface area contributed by atoms with E-state index in [-0.39, 0.29) is 23.5 Å². The molecule has 7 nitrogen and oxygen atoms in total. The number of carbonyl (C=O) groups is 1. The predicted molar refractivity (Wildman–Crippen MR) is 119 cm³/mol. The highest BCUT2D eigenvalue weighted by Gasteiger charge is 2.21. The number of nitrogens with zero attached hydrogens (tertiary/aromatic N) is 2. The second-order valence-electron chi connectivity index (χ2n) is 7.14. The summed E-state index contributed by atoms with van der Waals surface area (Å²) in [7, 11) is -2.16. The van der Waals surface area contributed by atoms with Crippen LogP contribution < -0.4 is 14.4 Å². The van der Waals surface area contributed by atoms with E-state index in [1.807, 2.05) is 26.0 Å². The van der Waals surface area contributed by atoms with Crippen molar-refractivity contribution in [3.8, 4) is 5.75 Å². The van der Waals surface area contributed by atoms with Crippen LogP contribution in [0.2, 0.25) is 0 Å². The van der Waals surface area contributed by atoms with Crippen LogP contribution in [-0.2, 0) is 14.8 Å². The van der Waals surface area contributed by atoms with E-state index in [2.05, 4.69) is 10.3 Å². The van der Waals surface area contributed by atoms with Crippen molar-refractivity contribution in [3.05, 3.63) is 84.2 Å². The Morgan fingerprint density at radius 3 is 2.26 bits per heavy atom. The first-order valence-corrected chi connectivity index (χ1v) is 11.2. The van der Waals surface area contributed by atoms with Crippen LogP contribution in [0.5, 0.6) is 5.75 Å². The van der Waals surface area contributed by atoms with Crippen molar-refractivity contribution in [2.24, 2.45) is 0 Å². The highest BCUT2D eigenvalue weighted by atomic mass is 32.2. The van der Waals surface area contributed by atoms with Gasteiger partial charge < -0.3 is 10.1 Å². The third-order valence-electron chi connectivity index (χ3n) is 4.83. The van der Waals surface area contributed by atoms with Crippen molar-refractivity contribution in [2.45, 2.75) is 24.8 Å². The Bertz CT molecular complexity index is 1120. The second kappa shape index (κ2) is 9.61. The minimum Gasteiger partial charge on any atom is -0.484 e. The molecule has 1 amide bonds. The van der Waals surface area contributed by atoms with Gasteiger partial charge in [-0.15, -0.1) is 0 Å². The molecule has 8 heteroatoms. The molecule has 3 rings (SSSR count). The Morgan fingerprint density at radius 2 is 1.65 bits per heavy atom. The van der Waals surface area contributed by atoms with Crippen LogP contribution in [0, 0.1) is 6.92 Å². The van der Waals surface area contributed by atoms with Gasteiger partial charge in [-0.3, -0.25) is 14.1 Å². The Labute approximate surface area is 182 Å². The van der Waals surface area contributed by atoms with Crippen molar-refractivity contribution in [1.82, 2.24) is 10.3 Å². The van der Waals surface area contributed by atoms with Crippen LogP contribution in [0.25, 0.3) is 0 Å². The van der Waals surface area contributed by atoms with Gasteiger partial charge in [0.25, 0.3) is 15.9 Å². The molecule has 0 aliphatic carbocycles. The fourth-order valence-corrected chi connectivity index (χ4v) is 4.12. The number of rotatable bonds is 8. The summed E-state index contributed by atoms with van der Waals surface area (Å²) in [5.74, 6) is 0.212. The van der Waals surface area contributed by atoms with Crippen molar-refractivity contribution >= 4 is 21.6 Å². The summed E-state index contributed by atoms with van der Waals surface area (Å²) in [4.78, 5) is 16.3. The zero-order valence-corrected chi connectivity index (χ0v) is 18.5. The molecule has 31 heavy (non-hydrogen) atoms. The summed E-state index contributed by atoms with van der Waals surface area (Å²) in [5, 5.41) is 2.86. The summed E-state index contributed by atoms with van der Waals surface area (Å²) < 4.78 is 32.3. The van der Waals surface area contributed by atoms with E-state index in [0.717, 1.165) is 11.1 Å². The number of carbonyl (C=O) groups excluding carboxylic acids is 1.